The Bertz CT molecular complexity index is 847. The van der Waals surface area contributed by atoms with Crippen LogP contribution < -0.4 is 14.2 Å². The highest BCUT2D eigenvalue weighted by Gasteiger charge is 2.24. The molecule has 1 aliphatic heterocycles. The van der Waals surface area contributed by atoms with E-state index in [4.69, 9.17) is 14.2 Å². The van der Waals surface area contributed by atoms with Crippen LogP contribution in [0.2, 0.25) is 0 Å². The molecule has 1 N–H and O–H groups in total. The van der Waals surface area contributed by atoms with E-state index in [1.165, 1.54) is 12.1 Å². The van der Waals surface area contributed by atoms with Gasteiger partial charge < -0.3 is 29.1 Å². The van der Waals surface area contributed by atoms with Crippen molar-refractivity contribution in [1.82, 2.24) is 9.80 Å². The van der Waals surface area contributed by atoms with Gasteiger partial charge in [0.15, 0.2) is 6.61 Å². The van der Waals surface area contributed by atoms with Crippen molar-refractivity contribution in [2.75, 3.05) is 46.5 Å². The summed E-state index contributed by atoms with van der Waals surface area (Å²) in [6, 6.07) is 13.5. The molecule has 0 unspecified atom stereocenters. The molecule has 3 rings (SSSR count). The number of hydrogen-bond donors (Lipinski definition) is 1. The fourth-order valence-corrected chi connectivity index (χ4v) is 3.09. The molecule has 1 heterocycles. The lowest BCUT2D eigenvalue weighted by Crippen LogP contribution is -2.51. The molecular formula is C22H26N2O6. The van der Waals surface area contributed by atoms with Crippen molar-refractivity contribution in [2.45, 2.75) is 6.42 Å². The predicted molar refractivity (Wildman–Crippen MR) is 110 cm³/mol. The molecule has 2 aromatic carbocycles. The minimum atomic E-state index is -0.111. The van der Waals surface area contributed by atoms with Crippen LogP contribution in [0.15, 0.2) is 48.5 Å². The molecule has 2 aromatic rings. The average molecular weight is 414 g/mol. The van der Waals surface area contributed by atoms with Crippen molar-refractivity contribution in [1.29, 1.82) is 0 Å². The van der Waals surface area contributed by atoms with E-state index in [0.717, 1.165) is 0 Å². The molecule has 0 bridgehead atoms. The first kappa shape index (κ1) is 21.3. The maximum absolute atomic E-state index is 12.4. The van der Waals surface area contributed by atoms with Gasteiger partial charge in [-0.25, -0.2) is 0 Å². The number of aromatic hydroxyl groups is 1. The number of nitrogens with zero attached hydrogens (tertiary/aromatic N) is 2. The predicted octanol–water partition coefficient (Wildman–Crippen LogP) is 1.92. The van der Waals surface area contributed by atoms with Crippen molar-refractivity contribution in [3.63, 3.8) is 0 Å². The second-order valence-electron chi connectivity index (χ2n) is 6.82. The Kier molecular flexibility index (Phi) is 7.37. The third-order valence-corrected chi connectivity index (χ3v) is 4.81. The number of amides is 2. The Balaban J connectivity index is 1.36. The molecule has 8 nitrogen and oxygen atoms in total. The summed E-state index contributed by atoms with van der Waals surface area (Å²) in [5.74, 6) is 1.90. The Morgan fingerprint density at radius 1 is 0.867 bits per heavy atom. The van der Waals surface area contributed by atoms with Gasteiger partial charge in [0.05, 0.1) is 20.1 Å². The smallest absolute Gasteiger partial charge is 0.260 e. The van der Waals surface area contributed by atoms with Gasteiger partial charge in [-0.05, 0) is 36.4 Å². The molecule has 2 amide bonds. The monoisotopic (exact) mass is 414 g/mol. The third-order valence-electron chi connectivity index (χ3n) is 4.81. The van der Waals surface area contributed by atoms with Crippen molar-refractivity contribution < 1.29 is 28.9 Å². The van der Waals surface area contributed by atoms with Gasteiger partial charge in [0.25, 0.3) is 5.91 Å². The second-order valence-corrected chi connectivity index (χ2v) is 6.82. The lowest BCUT2D eigenvalue weighted by molar-refractivity contribution is -0.141. The summed E-state index contributed by atoms with van der Waals surface area (Å²) < 4.78 is 16.2. The van der Waals surface area contributed by atoms with E-state index in [1.807, 2.05) is 0 Å². The molecule has 1 aliphatic rings. The zero-order valence-corrected chi connectivity index (χ0v) is 17.0. The minimum Gasteiger partial charge on any atom is -0.508 e. The van der Waals surface area contributed by atoms with E-state index in [-0.39, 0.29) is 37.2 Å². The van der Waals surface area contributed by atoms with Gasteiger partial charge in [0.1, 0.15) is 23.0 Å². The molecule has 0 spiro atoms. The summed E-state index contributed by atoms with van der Waals surface area (Å²) in [6.07, 6.45) is 0.258. The molecule has 0 aliphatic carbocycles. The molecule has 30 heavy (non-hydrogen) atoms. The molecule has 8 heteroatoms. The van der Waals surface area contributed by atoms with Crippen molar-refractivity contribution in [2.24, 2.45) is 0 Å². The highest BCUT2D eigenvalue weighted by Crippen LogP contribution is 2.19. The topological polar surface area (TPSA) is 88.5 Å². The molecular weight excluding hydrogens is 388 g/mol. The van der Waals surface area contributed by atoms with E-state index < -0.39 is 0 Å². The zero-order chi connectivity index (χ0) is 21.3. The Hall–Kier alpha value is -3.42. The Labute approximate surface area is 175 Å². The fraction of sp³-hybridized carbons (Fsp3) is 0.364. The lowest BCUT2D eigenvalue weighted by atomic mass is 10.2. The fourth-order valence-electron chi connectivity index (χ4n) is 3.09. The molecule has 1 saturated heterocycles. The number of hydrogen-bond acceptors (Lipinski definition) is 6. The van der Waals surface area contributed by atoms with Gasteiger partial charge >= 0.3 is 0 Å². The van der Waals surface area contributed by atoms with Crippen LogP contribution in [-0.4, -0.2) is 73.2 Å². The van der Waals surface area contributed by atoms with Crippen LogP contribution in [0.25, 0.3) is 0 Å². The number of benzene rings is 2. The molecule has 1 fully saturated rings. The summed E-state index contributed by atoms with van der Waals surface area (Å²) in [5.41, 5.74) is 0. The molecule has 0 radical (unpaired) electrons. The number of phenolic OH excluding ortho intramolecular Hbond substituents is 1. The number of rotatable bonds is 8. The third kappa shape index (κ3) is 6.04. The van der Waals surface area contributed by atoms with E-state index in [0.29, 0.717) is 43.4 Å². The molecule has 160 valence electrons. The minimum absolute atomic E-state index is 0.00601. The summed E-state index contributed by atoms with van der Waals surface area (Å²) in [4.78, 5) is 28.2. The number of piperazine rings is 1. The zero-order valence-electron chi connectivity index (χ0n) is 17.0. The van der Waals surface area contributed by atoms with Crippen molar-refractivity contribution in [3.05, 3.63) is 48.5 Å². The standard InChI is InChI=1S/C22H26N2O6/c1-28-19-3-2-4-20(15-19)30-16-22(27)24-12-10-23(11-13-24)21(26)9-14-29-18-7-5-17(25)6-8-18/h2-8,15,25H,9-14,16H2,1H3. The largest absolute Gasteiger partial charge is 0.508 e. The van der Waals surface area contributed by atoms with Crippen molar-refractivity contribution in [3.8, 4) is 23.0 Å². The van der Waals surface area contributed by atoms with Crippen LogP contribution >= 0.6 is 0 Å². The maximum atomic E-state index is 12.4. The summed E-state index contributed by atoms with van der Waals surface area (Å²) in [5, 5.41) is 9.26. The van der Waals surface area contributed by atoms with Gasteiger partial charge in [-0.3, -0.25) is 9.59 Å². The number of carbonyl (C=O) groups excluding carboxylic acids is 2. The first-order valence-corrected chi connectivity index (χ1v) is 9.79. The first-order chi connectivity index (χ1) is 14.5. The van der Waals surface area contributed by atoms with Crippen LogP contribution in [-0.2, 0) is 9.59 Å². The van der Waals surface area contributed by atoms with E-state index in [2.05, 4.69) is 0 Å². The van der Waals surface area contributed by atoms with Crippen LogP contribution in [0.1, 0.15) is 6.42 Å². The quantitative estimate of drug-likeness (QED) is 0.710. The highest BCUT2D eigenvalue weighted by atomic mass is 16.5. The van der Waals surface area contributed by atoms with Crippen LogP contribution in [0.4, 0.5) is 0 Å². The summed E-state index contributed by atoms with van der Waals surface area (Å²) >= 11 is 0. The normalized spacial score (nSPS) is 13.6. The molecule has 0 atom stereocenters. The molecule has 0 saturated carbocycles. The molecule has 0 aromatic heterocycles. The van der Waals surface area contributed by atoms with Gasteiger partial charge in [-0.1, -0.05) is 6.07 Å². The summed E-state index contributed by atoms with van der Waals surface area (Å²) in [6.45, 7) is 2.14. The Morgan fingerprint density at radius 2 is 1.50 bits per heavy atom. The van der Waals surface area contributed by atoms with Gasteiger partial charge in [-0.2, -0.15) is 0 Å². The van der Waals surface area contributed by atoms with E-state index in [9.17, 15) is 14.7 Å². The maximum Gasteiger partial charge on any atom is 0.260 e. The van der Waals surface area contributed by atoms with Crippen LogP contribution in [0, 0.1) is 0 Å². The highest BCUT2D eigenvalue weighted by molar-refractivity contribution is 5.79. The van der Waals surface area contributed by atoms with Gasteiger partial charge in [-0.15, -0.1) is 0 Å². The Morgan fingerprint density at radius 3 is 2.17 bits per heavy atom. The van der Waals surface area contributed by atoms with E-state index >= 15 is 0 Å². The van der Waals surface area contributed by atoms with Gasteiger partial charge in [0.2, 0.25) is 5.91 Å². The number of carbonyl (C=O) groups is 2. The first-order valence-electron chi connectivity index (χ1n) is 9.79. The summed E-state index contributed by atoms with van der Waals surface area (Å²) in [7, 11) is 1.57. The number of methoxy groups -OCH3 is 1. The number of phenols is 1. The van der Waals surface area contributed by atoms with Crippen LogP contribution in [0.3, 0.4) is 0 Å². The van der Waals surface area contributed by atoms with Crippen LogP contribution in [0.5, 0.6) is 23.0 Å². The lowest BCUT2D eigenvalue weighted by Gasteiger charge is -2.34. The average Bonchev–Trinajstić information content (AvgIpc) is 2.79. The van der Waals surface area contributed by atoms with Crippen molar-refractivity contribution >= 4 is 11.8 Å². The second kappa shape index (κ2) is 10.4. The SMILES string of the molecule is COc1cccc(OCC(=O)N2CCN(C(=O)CCOc3ccc(O)cc3)CC2)c1. The van der Waals surface area contributed by atoms with E-state index in [1.54, 1.807) is 53.3 Å². The van der Waals surface area contributed by atoms with Gasteiger partial charge in [0, 0.05) is 32.2 Å². The number of ether oxygens (including phenoxy) is 3.